The number of nitrogens with zero attached hydrogens (tertiary/aromatic N) is 4. The van der Waals surface area contributed by atoms with Gasteiger partial charge in [0.05, 0.1) is 11.8 Å². The molecule has 182 valence electrons. The highest BCUT2D eigenvalue weighted by Crippen LogP contribution is 2.31. The zero-order chi connectivity index (χ0) is 24.9. The van der Waals surface area contributed by atoms with E-state index in [-0.39, 0.29) is 18.5 Å². The van der Waals surface area contributed by atoms with Gasteiger partial charge in [0.25, 0.3) is 11.8 Å². The molecule has 2 heterocycles. The molecule has 0 unspecified atom stereocenters. The third-order valence-electron chi connectivity index (χ3n) is 5.48. The summed E-state index contributed by atoms with van der Waals surface area (Å²) in [7, 11) is 1.60. The van der Waals surface area contributed by atoms with E-state index in [0.717, 1.165) is 10.5 Å². The second-order valence-corrected chi connectivity index (χ2v) is 8.43. The Labute approximate surface area is 202 Å². The molecule has 0 saturated heterocycles. The van der Waals surface area contributed by atoms with Crippen molar-refractivity contribution in [2.75, 3.05) is 25.1 Å². The summed E-state index contributed by atoms with van der Waals surface area (Å²) in [6.07, 6.45) is 0.0634. The maximum atomic E-state index is 13.5. The van der Waals surface area contributed by atoms with Crippen LogP contribution in [0.5, 0.6) is 5.75 Å². The predicted molar refractivity (Wildman–Crippen MR) is 127 cm³/mol. The summed E-state index contributed by atoms with van der Waals surface area (Å²) in [6.45, 7) is 2.82. The van der Waals surface area contributed by atoms with Crippen LogP contribution in [0.4, 0.5) is 5.69 Å². The lowest BCUT2D eigenvalue weighted by atomic mass is 10.1. The molecular weight excluding hydrogens is 450 g/mol. The van der Waals surface area contributed by atoms with Crippen LogP contribution in [-0.2, 0) is 20.7 Å². The van der Waals surface area contributed by atoms with E-state index in [2.05, 4.69) is 15.2 Å². The highest BCUT2D eigenvalue weighted by Gasteiger charge is 2.39. The SMILES string of the molecule is CC(C)OC(=O)CN(C(=O)c1n[nH]c(Cc2ccccc2)n1)[C@H]1COc2ccccc2N(C)C1=O. The Morgan fingerprint density at radius 1 is 1.17 bits per heavy atom. The van der Waals surface area contributed by atoms with Crippen LogP contribution in [0.15, 0.2) is 54.6 Å². The molecule has 0 bridgehead atoms. The van der Waals surface area contributed by atoms with Crippen molar-refractivity contribution >= 4 is 23.5 Å². The van der Waals surface area contributed by atoms with E-state index in [9.17, 15) is 14.4 Å². The van der Waals surface area contributed by atoms with Gasteiger partial charge in [-0.25, -0.2) is 4.98 Å². The van der Waals surface area contributed by atoms with E-state index in [0.29, 0.717) is 23.7 Å². The maximum absolute atomic E-state index is 13.5. The molecular formula is C25H27N5O5. The fraction of sp³-hybridized carbons (Fsp3) is 0.320. The smallest absolute Gasteiger partial charge is 0.325 e. The molecule has 3 aromatic rings. The molecule has 2 amide bonds. The van der Waals surface area contributed by atoms with Gasteiger partial charge in [0.2, 0.25) is 5.82 Å². The third-order valence-corrected chi connectivity index (χ3v) is 5.48. The number of para-hydroxylation sites is 2. The third kappa shape index (κ3) is 5.48. The van der Waals surface area contributed by atoms with Gasteiger partial charge in [-0.15, -0.1) is 5.10 Å². The fourth-order valence-corrected chi connectivity index (χ4v) is 3.81. The minimum absolute atomic E-state index is 0.137. The lowest BCUT2D eigenvalue weighted by Gasteiger charge is -2.29. The normalized spacial score (nSPS) is 15.3. The summed E-state index contributed by atoms with van der Waals surface area (Å²) in [6, 6.07) is 15.6. The monoisotopic (exact) mass is 477 g/mol. The number of aromatic amines is 1. The van der Waals surface area contributed by atoms with Crippen LogP contribution in [0, 0.1) is 0 Å². The number of likely N-dealkylation sites (N-methyl/N-ethyl adjacent to an activating group) is 1. The van der Waals surface area contributed by atoms with Crippen molar-refractivity contribution in [3.05, 3.63) is 71.8 Å². The van der Waals surface area contributed by atoms with E-state index < -0.39 is 30.4 Å². The number of amides is 2. The number of aromatic nitrogens is 3. The standard InChI is InChI=1S/C25H27N5O5/c1-16(2)35-22(31)14-30(19-15-34-20-12-8-7-11-18(20)29(3)24(19)32)25(33)23-26-21(27-28-23)13-17-9-5-4-6-10-17/h4-12,16,19H,13-15H2,1-3H3,(H,26,27,28)/t19-/m0/s1. The molecule has 0 radical (unpaired) electrons. The predicted octanol–water partition coefficient (Wildman–Crippen LogP) is 2.21. The fourth-order valence-electron chi connectivity index (χ4n) is 3.81. The van der Waals surface area contributed by atoms with Crippen LogP contribution in [0.2, 0.25) is 0 Å². The first-order chi connectivity index (χ1) is 16.8. The maximum Gasteiger partial charge on any atom is 0.325 e. The number of benzene rings is 2. The molecule has 35 heavy (non-hydrogen) atoms. The molecule has 1 aliphatic rings. The second-order valence-electron chi connectivity index (χ2n) is 8.43. The number of H-pyrrole nitrogens is 1. The second kappa shape index (κ2) is 10.4. The minimum Gasteiger partial charge on any atom is -0.489 e. The number of hydrogen-bond acceptors (Lipinski definition) is 7. The van der Waals surface area contributed by atoms with Gasteiger partial charge < -0.3 is 19.3 Å². The van der Waals surface area contributed by atoms with Gasteiger partial charge in [-0.05, 0) is 31.5 Å². The lowest BCUT2D eigenvalue weighted by Crippen LogP contribution is -2.54. The van der Waals surface area contributed by atoms with Gasteiger partial charge in [0.1, 0.15) is 30.8 Å². The Hall–Kier alpha value is -4.21. The van der Waals surface area contributed by atoms with Crippen molar-refractivity contribution in [3.63, 3.8) is 0 Å². The number of hydrogen-bond donors (Lipinski definition) is 1. The molecule has 0 saturated carbocycles. The summed E-state index contributed by atoms with van der Waals surface area (Å²) < 4.78 is 11.1. The van der Waals surface area contributed by atoms with Gasteiger partial charge in [-0.1, -0.05) is 42.5 Å². The summed E-state index contributed by atoms with van der Waals surface area (Å²) in [5.74, 6) is -0.886. The summed E-state index contributed by atoms with van der Waals surface area (Å²) >= 11 is 0. The van der Waals surface area contributed by atoms with Gasteiger partial charge in [-0.2, -0.15) is 0 Å². The van der Waals surface area contributed by atoms with Gasteiger partial charge in [0, 0.05) is 13.5 Å². The Balaban J connectivity index is 1.61. The summed E-state index contributed by atoms with van der Waals surface area (Å²) in [5.41, 5.74) is 1.56. The Morgan fingerprint density at radius 3 is 2.63 bits per heavy atom. The molecule has 0 fully saturated rings. The molecule has 0 spiro atoms. The molecule has 0 aliphatic carbocycles. The van der Waals surface area contributed by atoms with Crippen LogP contribution >= 0.6 is 0 Å². The van der Waals surface area contributed by atoms with Crippen LogP contribution in [-0.4, -0.2) is 70.2 Å². The quantitative estimate of drug-likeness (QED) is 0.519. The number of fused-ring (bicyclic) bond motifs is 1. The Morgan fingerprint density at radius 2 is 1.89 bits per heavy atom. The number of nitrogens with one attached hydrogen (secondary N) is 1. The van der Waals surface area contributed by atoms with E-state index in [1.165, 1.54) is 4.90 Å². The van der Waals surface area contributed by atoms with Crippen molar-refractivity contribution < 1.29 is 23.9 Å². The minimum atomic E-state index is -1.09. The lowest BCUT2D eigenvalue weighted by molar-refractivity contribution is -0.149. The van der Waals surface area contributed by atoms with Gasteiger partial charge in [0.15, 0.2) is 0 Å². The first-order valence-electron chi connectivity index (χ1n) is 11.3. The Bertz CT molecular complexity index is 1210. The molecule has 1 aromatic heterocycles. The molecule has 4 rings (SSSR count). The van der Waals surface area contributed by atoms with E-state index >= 15 is 0 Å². The molecule has 1 N–H and O–H groups in total. The van der Waals surface area contributed by atoms with Crippen LogP contribution in [0.3, 0.4) is 0 Å². The molecule has 10 nitrogen and oxygen atoms in total. The Kier molecular flexibility index (Phi) is 7.09. The first-order valence-corrected chi connectivity index (χ1v) is 11.3. The van der Waals surface area contributed by atoms with E-state index in [4.69, 9.17) is 9.47 Å². The molecule has 1 aliphatic heterocycles. The zero-order valence-electron chi connectivity index (χ0n) is 19.8. The number of rotatable bonds is 7. The highest BCUT2D eigenvalue weighted by atomic mass is 16.5. The molecule has 2 aromatic carbocycles. The van der Waals surface area contributed by atoms with Crippen LogP contribution < -0.4 is 9.64 Å². The van der Waals surface area contributed by atoms with Crippen molar-refractivity contribution in [2.24, 2.45) is 0 Å². The number of carbonyl (C=O) groups is 3. The van der Waals surface area contributed by atoms with Crippen molar-refractivity contribution in [2.45, 2.75) is 32.4 Å². The first kappa shape index (κ1) is 23.9. The molecule has 1 atom stereocenters. The van der Waals surface area contributed by atoms with Gasteiger partial charge >= 0.3 is 5.97 Å². The van der Waals surface area contributed by atoms with Crippen LogP contribution in [0.1, 0.15) is 35.9 Å². The topological polar surface area (TPSA) is 118 Å². The average molecular weight is 478 g/mol. The number of carbonyl (C=O) groups excluding carboxylic acids is 3. The average Bonchev–Trinajstić information content (AvgIpc) is 3.26. The zero-order valence-corrected chi connectivity index (χ0v) is 19.8. The van der Waals surface area contributed by atoms with Crippen molar-refractivity contribution in [1.82, 2.24) is 20.1 Å². The highest BCUT2D eigenvalue weighted by molar-refractivity contribution is 6.03. The number of ether oxygens (including phenoxy) is 2. The van der Waals surface area contributed by atoms with Crippen LogP contribution in [0.25, 0.3) is 0 Å². The van der Waals surface area contributed by atoms with Gasteiger partial charge in [-0.3, -0.25) is 19.5 Å². The summed E-state index contributed by atoms with van der Waals surface area (Å²) in [5, 5.41) is 6.83. The number of anilines is 1. The summed E-state index contributed by atoms with van der Waals surface area (Å²) in [4.78, 5) is 46.3. The molecule has 10 heteroatoms. The largest absolute Gasteiger partial charge is 0.489 e. The van der Waals surface area contributed by atoms with Crippen molar-refractivity contribution in [3.8, 4) is 5.75 Å². The van der Waals surface area contributed by atoms with E-state index in [1.54, 1.807) is 45.2 Å². The number of esters is 1. The van der Waals surface area contributed by atoms with Crippen molar-refractivity contribution in [1.29, 1.82) is 0 Å². The van der Waals surface area contributed by atoms with E-state index in [1.807, 2.05) is 30.3 Å².